The lowest BCUT2D eigenvalue weighted by Gasteiger charge is -2.36. The van der Waals surface area contributed by atoms with Crippen molar-refractivity contribution < 1.29 is 9.18 Å². The van der Waals surface area contributed by atoms with Gasteiger partial charge in [-0.1, -0.05) is 50.3 Å². The van der Waals surface area contributed by atoms with E-state index in [0.29, 0.717) is 11.3 Å². The Kier molecular flexibility index (Phi) is 7.80. The summed E-state index contributed by atoms with van der Waals surface area (Å²) in [5.41, 5.74) is 12.3. The number of carbonyl (C=O) groups excluding carboxylic acids is 1. The summed E-state index contributed by atoms with van der Waals surface area (Å²) in [6, 6.07) is 11.4. The lowest BCUT2D eigenvalue weighted by Crippen LogP contribution is -2.45. The highest BCUT2D eigenvalue weighted by Gasteiger charge is 2.45. The summed E-state index contributed by atoms with van der Waals surface area (Å²) in [6.45, 7) is 14.2. The van der Waals surface area contributed by atoms with E-state index in [-0.39, 0.29) is 17.6 Å². The van der Waals surface area contributed by atoms with Crippen LogP contribution in [0.25, 0.3) is 5.57 Å². The maximum atomic E-state index is 13.6. The number of halogens is 1. The van der Waals surface area contributed by atoms with Crippen molar-refractivity contribution in [1.29, 1.82) is 0 Å². The first-order valence-corrected chi connectivity index (χ1v) is 13.9. The average Bonchev–Trinajstić information content (AvgIpc) is 3.22. The maximum Gasteiger partial charge on any atom is 0.216 e. The van der Waals surface area contributed by atoms with E-state index in [1.54, 1.807) is 12.1 Å². The zero-order chi connectivity index (χ0) is 27.7. The van der Waals surface area contributed by atoms with Crippen molar-refractivity contribution in [2.45, 2.75) is 40.2 Å². The van der Waals surface area contributed by atoms with Crippen LogP contribution in [-0.4, -0.2) is 60.0 Å². The molecule has 0 aromatic heterocycles. The minimum Gasteiger partial charge on any atom is -0.372 e. The lowest BCUT2D eigenvalue weighted by molar-refractivity contribution is 0.0949. The molecule has 0 bridgehead atoms. The molecule has 0 saturated carbocycles. The van der Waals surface area contributed by atoms with Gasteiger partial charge in [-0.05, 0) is 67.6 Å². The fourth-order valence-electron chi connectivity index (χ4n) is 5.73. The van der Waals surface area contributed by atoms with Gasteiger partial charge in [0, 0.05) is 43.0 Å². The molecular weight excluding hydrogens is 489 g/mol. The Hall–Kier alpha value is -3.58. The molecule has 6 nitrogen and oxygen atoms in total. The highest BCUT2D eigenvalue weighted by molar-refractivity contribution is 6.32. The molecule has 2 unspecified atom stereocenters. The summed E-state index contributed by atoms with van der Waals surface area (Å²) in [5.74, 6) is -0.0568. The summed E-state index contributed by atoms with van der Waals surface area (Å²) in [5, 5.41) is 0. The van der Waals surface area contributed by atoms with E-state index >= 15 is 0 Å². The van der Waals surface area contributed by atoms with Crippen LogP contribution in [0, 0.1) is 17.7 Å². The molecule has 1 saturated heterocycles. The molecular formula is C32H38FN5O. The normalized spacial score (nSPS) is 22.1. The molecule has 39 heavy (non-hydrogen) atoms. The number of nitrogens with zero attached hydrogens (tertiary/aromatic N) is 4. The average molecular weight is 528 g/mol. The van der Waals surface area contributed by atoms with Crippen LogP contribution in [0.5, 0.6) is 0 Å². The van der Waals surface area contributed by atoms with Gasteiger partial charge in [0.1, 0.15) is 5.82 Å². The SMILES string of the molecule is CC(=C/C=C(\C)N1CCN(CCC(C)C)CC1)c1cccc2c1C1=NC(N)=NC(c3ccc(F)cc3)C1C2=O. The van der Waals surface area contributed by atoms with Crippen molar-refractivity contribution in [3.63, 3.8) is 0 Å². The fraction of sp³-hybridized carbons (Fsp3) is 0.406. The molecule has 0 amide bonds. The molecule has 2 aliphatic heterocycles. The first kappa shape index (κ1) is 27.0. The number of hydrogen-bond acceptors (Lipinski definition) is 6. The van der Waals surface area contributed by atoms with Gasteiger partial charge in [-0.25, -0.2) is 14.4 Å². The first-order valence-electron chi connectivity index (χ1n) is 13.9. The molecule has 2 aromatic rings. The third kappa shape index (κ3) is 5.59. The number of benzene rings is 2. The maximum absolute atomic E-state index is 13.6. The third-order valence-corrected chi connectivity index (χ3v) is 8.09. The Morgan fingerprint density at radius 3 is 2.49 bits per heavy atom. The van der Waals surface area contributed by atoms with E-state index in [1.807, 2.05) is 18.2 Å². The Morgan fingerprint density at radius 1 is 1.08 bits per heavy atom. The predicted octanol–water partition coefficient (Wildman–Crippen LogP) is 5.47. The number of ketones is 1. The van der Waals surface area contributed by atoms with Gasteiger partial charge < -0.3 is 10.6 Å². The van der Waals surface area contributed by atoms with Crippen LogP contribution in [0.4, 0.5) is 4.39 Å². The molecule has 2 aromatic carbocycles. The molecule has 2 atom stereocenters. The van der Waals surface area contributed by atoms with Gasteiger partial charge in [0.2, 0.25) is 5.96 Å². The lowest BCUT2D eigenvalue weighted by atomic mass is 9.87. The molecule has 2 N–H and O–H groups in total. The standard InChI is InChI=1S/C32H38FN5O/c1-20(2)14-15-37-16-18-38(19-17-37)22(4)9-8-21(3)25-6-5-7-26-27(25)30-28(31(26)39)29(35-32(34)36-30)23-10-12-24(33)13-11-23/h5-13,20,28-29H,14-19H2,1-4H3,(H2,34,35)/b21-8?,22-9+. The summed E-state index contributed by atoms with van der Waals surface area (Å²) >= 11 is 0. The number of hydrogen-bond donors (Lipinski definition) is 1. The molecule has 1 aliphatic carbocycles. The highest BCUT2D eigenvalue weighted by atomic mass is 19.1. The number of guanidine groups is 1. The Morgan fingerprint density at radius 2 is 1.79 bits per heavy atom. The Labute approximate surface area is 230 Å². The summed E-state index contributed by atoms with van der Waals surface area (Å²) in [7, 11) is 0. The van der Waals surface area contributed by atoms with Gasteiger partial charge in [0.25, 0.3) is 0 Å². The summed E-state index contributed by atoms with van der Waals surface area (Å²) in [6.07, 6.45) is 5.55. The van der Waals surface area contributed by atoms with Crippen LogP contribution < -0.4 is 5.73 Å². The van der Waals surface area contributed by atoms with Crippen LogP contribution >= 0.6 is 0 Å². The first-order chi connectivity index (χ1) is 18.7. The highest BCUT2D eigenvalue weighted by Crippen LogP contribution is 2.42. The number of carbonyl (C=O) groups is 1. The topological polar surface area (TPSA) is 74.3 Å². The fourth-order valence-corrected chi connectivity index (χ4v) is 5.73. The molecule has 5 rings (SSSR count). The van der Waals surface area contributed by atoms with Crippen molar-refractivity contribution in [3.05, 3.63) is 88.4 Å². The van der Waals surface area contributed by atoms with Crippen LogP contribution in [0.15, 0.2) is 70.3 Å². The van der Waals surface area contributed by atoms with E-state index in [4.69, 9.17) is 5.73 Å². The number of aliphatic imine (C=N–C) groups is 2. The number of rotatable bonds is 7. The summed E-state index contributed by atoms with van der Waals surface area (Å²) in [4.78, 5) is 27.7. The second-order valence-electron chi connectivity index (χ2n) is 11.2. The largest absolute Gasteiger partial charge is 0.372 e. The monoisotopic (exact) mass is 527 g/mol. The number of fused-ring (bicyclic) bond motifs is 3. The van der Waals surface area contributed by atoms with E-state index in [0.717, 1.165) is 54.4 Å². The molecule has 7 heteroatoms. The second-order valence-corrected chi connectivity index (χ2v) is 11.2. The van der Waals surface area contributed by atoms with Crippen LogP contribution in [0.1, 0.15) is 67.2 Å². The zero-order valence-corrected chi connectivity index (χ0v) is 23.3. The molecule has 1 fully saturated rings. The van der Waals surface area contributed by atoms with Gasteiger partial charge in [-0.15, -0.1) is 0 Å². The Balaban J connectivity index is 1.38. The summed E-state index contributed by atoms with van der Waals surface area (Å²) < 4.78 is 13.6. The van der Waals surface area contributed by atoms with Crippen LogP contribution in [0.3, 0.4) is 0 Å². The van der Waals surface area contributed by atoms with Crippen molar-refractivity contribution in [2.24, 2.45) is 27.6 Å². The number of piperazine rings is 1. The van der Waals surface area contributed by atoms with Gasteiger partial charge >= 0.3 is 0 Å². The Bertz CT molecular complexity index is 1360. The van der Waals surface area contributed by atoms with Crippen molar-refractivity contribution >= 4 is 23.0 Å². The molecule has 204 valence electrons. The van der Waals surface area contributed by atoms with Crippen molar-refractivity contribution in [3.8, 4) is 0 Å². The number of Topliss-reactive ketones (excluding diaryl/α,β-unsaturated/α-hetero) is 1. The van der Waals surface area contributed by atoms with Gasteiger partial charge in [0.05, 0.1) is 17.7 Å². The molecule has 3 aliphatic rings. The second kappa shape index (κ2) is 11.3. The number of nitrogens with two attached hydrogens (primary N) is 1. The van der Waals surface area contributed by atoms with E-state index < -0.39 is 12.0 Å². The van der Waals surface area contributed by atoms with Gasteiger partial charge in [-0.2, -0.15) is 0 Å². The molecule has 0 radical (unpaired) electrons. The van der Waals surface area contributed by atoms with E-state index in [2.05, 4.69) is 59.6 Å². The van der Waals surface area contributed by atoms with Crippen molar-refractivity contribution in [1.82, 2.24) is 9.80 Å². The third-order valence-electron chi connectivity index (χ3n) is 8.09. The smallest absolute Gasteiger partial charge is 0.216 e. The molecule has 0 spiro atoms. The van der Waals surface area contributed by atoms with Crippen LogP contribution in [0.2, 0.25) is 0 Å². The number of allylic oxidation sites excluding steroid dienone is 4. The van der Waals surface area contributed by atoms with Crippen molar-refractivity contribution in [2.75, 3.05) is 32.7 Å². The van der Waals surface area contributed by atoms with Crippen LogP contribution in [-0.2, 0) is 0 Å². The zero-order valence-electron chi connectivity index (χ0n) is 23.3. The van der Waals surface area contributed by atoms with E-state index in [9.17, 15) is 9.18 Å². The van der Waals surface area contributed by atoms with Gasteiger partial charge in [-0.3, -0.25) is 9.69 Å². The van der Waals surface area contributed by atoms with Gasteiger partial charge in [0.15, 0.2) is 5.78 Å². The quantitative estimate of drug-likeness (QED) is 0.485. The molecule has 2 heterocycles. The predicted molar refractivity (Wildman–Crippen MR) is 156 cm³/mol. The van der Waals surface area contributed by atoms with E-state index in [1.165, 1.54) is 30.8 Å². The minimum atomic E-state index is -0.573. The minimum absolute atomic E-state index is 0.0222.